The van der Waals surface area contributed by atoms with Gasteiger partial charge in [0, 0.05) is 22.9 Å². The van der Waals surface area contributed by atoms with E-state index in [1.807, 2.05) is 22.6 Å². The summed E-state index contributed by atoms with van der Waals surface area (Å²) < 4.78 is 43.4. The standard InChI is InChI=1S/C26H23F3IN3O/c1-16-2-4-17(5-3-16)10-11-31-13-18-14-33(15-18)26(34)20-7-8-21(27)24(29)25(20)32-23-9-6-19(30)12-22(23)28/h2-9,12,14,31-32H,10-11,13,15H2,1H3. The van der Waals surface area contributed by atoms with Gasteiger partial charge in [-0.25, -0.2) is 13.2 Å². The molecule has 0 spiro atoms. The molecule has 8 heteroatoms. The molecule has 3 aromatic carbocycles. The van der Waals surface area contributed by atoms with Gasteiger partial charge in [-0.1, -0.05) is 29.8 Å². The van der Waals surface area contributed by atoms with E-state index >= 15 is 0 Å². The summed E-state index contributed by atoms with van der Waals surface area (Å²) in [6.45, 7) is 3.87. The zero-order valence-electron chi connectivity index (χ0n) is 18.5. The van der Waals surface area contributed by atoms with Gasteiger partial charge in [0.15, 0.2) is 11.6 Å². The SMILES string of the molecule is Cc1ccc(CCNCC2=CN(C(=O)c3ccc(F)c(F)c3Nc3ccc(I)cc3F)C2)cc1. The largest absolute Gasteiger partial charge is 0.350 e. The second-order valence-electron chi connectivity index (χ2n) is 8.17. The van der Waals surface area contributed by atoms with Crippen LogP contribution in [0.4, 0.5) is 24.5 Å². The first-order valence-electron chi connectivity index (χ1n) is 10.8. The molecule has 3 aromatic rings. The summed E-state index contributed by atoms with van der Waals surface area (Å²) in [7, 11) is 0. The predicted octanol–water partition coefficient (Wildman–Crippen LogP) is 5.93. The fourth-order valence-corrected chi connectivity index (χ4v) is 4.07. The number of hydrogen-bond donors (Lipinski definition) is 2. The number of hydrogen-bond acceptors (Lipinski definition) is 3. The van der Waals surface area contributed by atoms with Crippen molar-refractivity contribution < 1.29 is 18.0 Å². The van der Waals surface area contributed by atoms with Crippen LogP contribution in [0, 0.1) is 27.9 Å². The highest BCUT2D eigenvalue weighted by atomic mass is 127. The van der Waals surface area contributed by atoms with E-state index in [1.54, 1.807) is 12.3 Å². The molecule has 4 nitrogen and oxygen atoms in total. The van der Waals surface area contributed by atoms with E-state index in [1.165, 1.54) is 34.2 Å². The average Bonchev–Trinajstić information content (AvgIpc) is 2.78. The van der Waals surface area contributed by atoms with Crippen LogP contribution in [-0.2, 0) is 6.42 Å². The monoisotopic (exact) mass is 577 g/mol. The molecule has 0 radical (unpaired) electrons. The lowest BCUT2D eigenvalue weighted by molar-refractivity contribution is 0.0808. The summed E-state index contributed by atoms with van der Waals surface area (Å²) >= 11 is 1.95. The summed E-state index contributed by atoms with van der Waals surface area (Å²) in [6.07, 6.45) is 2.59. The molecule has 1 aliphatic rings. The summed E-state index contributed by atoms with van der Waals surface area (Å²) in [6, 6.07) is 14.8. The third-order valence-corrected chi connectivity index (χ3v) is 6.22. The van der Waals surface area contributed by atoms with Crippen LogP contribution < -0.4 is 10.6 Å². The van der Waals surface area contributed by atoms with Crippen LogP contribution in [0.15, 0.2) is 66.4 Å². The Morgan fingerprint density at radius 2 is 1.76 bits per heavy atom. The summed E-state index contributed by atoms with van der Waals surface area (Å²) in [5.41, 5.74) is 3.00. The van der Waals surface area contributed by atoms with E-state index in [-0.39, 0.29) is 16.9 Å². The van der Waals surface area contributed by atoms with E-state index in [9.17, 15) is 18.0 Å². The van der Waals surface area contributed by atoms with Crippen molar-refractivity contribution in [1.82, 2.24) is 10.2 Å². The molecule has 0 unspecified atom stereocenters. The molecule has 1 amide bonds. The van der Waals surface area contributed by atoms with Gasteiger partial charge in [0.05, 0.1) is 16.9 Å². The number of nitrogens with zero attached hydrogens (tertiary/aromatic N) is 1. The van der Waals surface area contributed by atoms with Crippen LogP contribution >= 0.6 is 22.6 Å². The maximum Gasteiger partial charge on any atom is 0.260 e. The highest BCUT2D eigenvalue weighted by molar-refractivity contribution is 14.1. The molecule has 0 atom stereocenters. The van der Waals surface area contributed by atoms with E-state index in [4.69, 9.17) is 0 Å². The number of nitrogens with one attached hydrogen (secondary N) is 2. The minimum absolute atomic E-state index is 0.0448. The van der Waals surface area contributed by atoms with Gasteiger partial charge in [-0.05, 0) is 83.9 Å². The molecule has 0 saturated carbocycles. The number of amides is 1. The van der Waals surface area contributed by atoms with E-state index in [0.29, 0.717) is 16.7 Å². The van der Waals surface area contributed by atoms with Crippen molar-refractivity contribution in [1.29, 1.82) is 0 Å². The van der Waals surface area contributed by atoms with Crippen molar-refractivity contribution in [2.45, 2.75) is 13.3 Å². The Hall–Kier alpha value is -2.85. The molecular weight excluding hydrogens is 554 g/mol. The van der Waals surface area contributed by atoms with Gasteiger partial charge < -0.3 is 15.5 Å². The molecule has 1 aliphatic heterocycles. The Labute approximate surface area is 210 Å². The Bertz CT molecular complexity index is 1240. The van der Waals surface area contributed by atoms with Gasteiger partial charge in [0.25, 0.3) is 5.91 Å². The van der Waals surface area contributed by atoms with Crippen LogP contribution in [-0.4, -0.2) is 30.4 Å². The first-order chi connectivity index (χ1) is 16.3. The smallest absolute Gasteiger partial charge is 0.260 e. The molecule has 176 valence electrons. The molecule has 0 aromatic heterocycles. The maximum atomic E-state index is 14.6. The summed E-state index contributed by atoms with van der Waals surface area (Å²) in [5.74, 6) is -3.47. The number of carbonyl (C=O) groups is 1. The first-order valence-corrected chi connectivity index (χ1v) is 11.9. The van der Waals surface area contributed by atoms with E-state index in [2.05, 4.69) is 41.8 Å². The Balaban J connectivity index is 1.39. The lowest BCUT2D eigenvalue weighted by Crippen LogP contribution is -2.39. The number of aryl methyl sites for hydroxylation is 1. The number of halogens is 4. The lowest BCUT2D eigenvalue weighted by Gasteiger charge is -2.30. The second kappa shape index (κ2) is 10.6. The lowest BCUT2D eigenvalue weighted by atomic mass is 10.1. The second-order valence-corrected chi connectivity index (χ2v) is 9.41. The number of carbonyl (C=O) groups excluding carboxylic acids is 1. The zero-order chi connectivity index (χ0) is 24.2. The van der Waals surface area contributed by atoms with Gasteiger partial charge in [-0.3, -0.25) is 4.79 Å². The van der Waals surface area contributed by atoms with Crippen molar-refractivity contribution >= 4 is 39.9 Å². The highest BCUT2D eigenvalue weighted by Crippen LogP contribution is 2.30. The fourth-order valence-electron chi connectivity index (χ4n) is 3.61. The van der Waals surface area contributed by atoms with Crippen LogP contribution in [0.25, 0.3) is 0 Å². The van der Waals surface area contributed by atoms with Gasteiger partial charge in [-0.2, -0.15) is 0 Å². The molecule has 1 heterocycles. The highest BCUT2D eigenvalue weighted by Gasteiger charge is 2.27. The minimum atomic E-state index is -1.23. The van der Waals surface area contributed by atoms with E-state index < -0.39 is 23.4 Å². The van der Waals surface area contributed by atoms with Crippen molar-refractivity contribution in [2.24, 2.45) is 0 Å². The van der Waals surface area contributed by atoms with Crippen LogP contribution in [0.3, 0.4) is 0 Å². The molecule has 0 fully saturated rings. The van der Waals surface area contributed by atoms with Crippen molar-refractivity contribution in [3.63, 3.8) is 0 Å². The van der Waals surface area contributed by atoms with Gasteiger partial charge in [0.2, 0.25) is 0 Å². The Morgan fingerprint density at radius 1 is 1.03 bits per heavy atom. The molecule has 0 aliphatic carbocycles. The first kappa shape index (κ1) is 24.3. The van der Waals surface area contributed by atoms with E-state index in [0.717, 1.165) is 24.6 Å². The summed E-state index contributed by atoms with van der Waals surface area (Å²) in [5, 5.41) is 5.91. The fraction of sp³-hybridized carbons (Fsp3) is 0.192. The van der Waals surface area contributed by atoms with Crippen LogP contribution in [0.1, 0.15) is 21.5 Å². The maximum absolute atomic E-state index is 14.6. The van der Waals surface area contributed by atoms with Crippen LogP contribution in [0.5, 0.6) is 0 Å². The average molecular weight is 577 g/mol. The number of anilines is 2. The topological polar surface area (TPSA) is 44.4 Å². The number of rotatable bonds is 8. The number of benzene rings is 3. The van der Waals surface area contributed by atoms with Gasteiger partial charge in [0.1, 0.15) is 5.82 Å². The Morgan fingerprint density at radius 3 is 2.47 bits per heavy atom. The van der Waals surface area contributed by atoms with Crippen molar-refractivity contribution in [2.75, 3.05) is 25.0 Å². The Kier molecular flexibility index (Phi) is 7.57. The zero-order valence-corrected chi connectivity index (χ0v) is 20.6. The predicted molar refractivity (Wildman–Crippen MR) is 136 cm³/mol. The third-order valence-electron chi connectivity index (χ3n) is 5.55. The van der Waals surface area contributed by atoms with Crippen molar-refractivity contribution in [3.8, 4) is 0 Å². The molecule has 34 heavy (non-hydrogen) atoms. The van der Waals surface area contributed by atoms with Gasteiger partial charge in [-0.15, -0.1) is 0 Å². The molecular formula is C26H23F3IN3O. The molecule has 0 bridgehead atoms. The summed E-state index contributed by atoms with van der Waals surface area (Å²) in [4.78, 5) is 14.4. The molecule has 0 saturated heterocycles. The van der Waals surface area contributed by atoms with Crippen molar-refractivity contribution in [3.05, 3.63) is 104 Å². The minimum Gasteiger partial charge on any atom is -0.350 e. The van der Waals surface area contributed by atoms with Gasteiger partial charge >= 0.3 is 0 Å². The van der Waals surface area contributed by atoms with Crippen LogP contribution in [0.2, 0.25) is 0 Å². The normalized spacial score (nSPS) is 12.9. The quantitative estimate of drug-likeness (QED) is 0.258. The molecule has 4 rings (SSSR count). The molecule has 2 N–H and O–H groups in total. The third kappa shape index (κ3) is 5.61.